The largest absolute Gasteiger partial charge is 0.345 e. The van der Waals surface area contributed by atoms with E-state index in [9.17, 15) is 4.79 Å². The lowest BCUT2D eigenvalue weighted by Crippen LogP contribution is -2.48. The summed E-state index contributed by atoms with van der Waals surface area (Å²) in [7, 11) is 0. The highest BCUT2D eigenvalue weighted by Gasteiger charge is 2.25. The van der Waals surface area contributed by atoms with E-state index in [4.69, 9.17) is 0 Å². The second-order valence-corrected chi connectivity index (χ2v) is 7.51. The Labute approximate surface area is 160 Å². The average Bonchev–Trinajstić information content (AvgIpc) is 3.28. The van der Waals surface area contributed by atoms with E-state index >= 15 is 0 Å². The third-order valence-corrected chi connectivity index (χ3v) is 5.93. The van der Waals surface area contributed by atoms with Crippen molar-refractivity contribution < 1.29 is 4.79 Å². The molecule has 1 aliphatic heterocycles. The predicted octanol–water partition coefficient (Wildman–Crippen LogP) is 3.81. The maximum Gasteiger partial charge on any atom is 0.256 e. The highest BCUT2D eigenvalue weighted by atomic mass is 32.1. The molecule has 5 rings (SSSR count). The Balaban J connectivity index is 1.49. The minimum Gasteiger partial charge on any atom is -0.345 e. The molecule has 0 bridgehead atoms. The van der Waals surface area contributed by atoms with Crippen LogP contribution in [0.4, 0.5) is 5.13 Å². The Kier molecular flexibility index (Phi) is 3.98. The van der Waals surface area contributed by atoms with E-state index in [1.807, 2.05) is 46.8 Å². The van der Waals surface area contributed by atoms with E-state index in [1.165, 1.54) is 0 Å². The van der Waals surface area contributed by atoms with Gasteiger partial charge in [-0.15, -0.1) is 11.3 Å². The zero-order valence-corrected chi connectivity index (χ0v) is 15.5. The van der Waals surface area contributed by atoms with Crippen molar-refractivity contribution in [1.29, 1.82) is 0 Å². The van der Waals surface area contributed by atoms with Crippen molar-refractivity contribution >= 4 is 44.1 Å². The molecule has 0 radical (unpaired) electrons. The molecule has 2 aromatic carbocycles. The van der Waals surface area contributed by atoms with E-state index in [1.54, 1.807) is 17.5 Å². The third-order valence-electron chi connectivity index (χ3n) is 5.10. The molecule has 1 amide bonds. The van der Waals surface area contributed by atoms with E-state index in [0.717, 1.165) is 39.9 Å². The SMILES string of the molecule is O=C(c1cc2ccccc2c2cccnc12)N1CCN(c2nccs2)CC1. The number of carbonyl (C=O) groups is 1. The van der Waals surface area contributed by atoms with Crippen LogP contribution in [-0.4, -0.2) is 47.0 Å². The van der Waals surface area contributed by atoms with Gasteiger partial charge in [0, 0.05) is 49.3 Å². The highest BCUT2D eigenvalue weighted by molar-refractivity contribution is 7.13. The highest BCUT2D eigenvalue weighted by Crippen LogP contribution is 2.28. The van der Waals surface area contributed by atoms with Crippen molar-refractivity contribution in [2.45, 2.75) is 0 Å². The molecular weight excluding hydrogens is 356 g/mol. The summed E-state index contributed by atoms with van der Waals surface area (Å²) in [6.07, 6.45) is 3.58. The molecular formula is C21H18N4OS. The average molecular weight is 374 g/mol. The van der Waals surface area contributed by atoms with E-state index in [-0.39, 0.29) is 5.91 Å². The van der Waals surface area contributed by atoms with Crippen LogP contribution >= 0.6 is 11.3 Å². The number of benzene rings is 2. The van der Waals surface area contributed by atoms with Crippen LogP contribution in [-0.2, 0) is 0 Å². The van der Waals surface area contributed by atoms with Crippen molar-refractivity contribution in [3.63, 3.8) is 0 Å². The number of hydrogen-bond acceptors (Lipinski definition) is 5. The second kappa shape index (κ2) is 6.63. The van der Waals surface area contributed by atoms with Gasteiger partial charge in [-0.3, -0.25) is 9.78 Å². The Morgan fingerprint density at radius 2 is 1.74 bits per heavy atom. The fourth-order valence-electron chi connectivity index (χ4n) is 3.74. The smallest absolute Gasteiger partial charge is 0.256 e. The molecule has 4 aromatic rings. The lowest BCUT2D eigenvalue weighted by atomic mass is 10.00. The molecule has 0 atom stereocenters. The lowest BCUT2D eigenvalue weighted by molar-refractivity contribution is 0.0748. The third kappa shape index (κ3) is 2.82. The molecule has 0 aliphatic carbocycles. The van der Waals surface area contributed by atoms with Gasteiger partial charge in [0.1, 0.15) is 0 Å². The number of thiazole rings is 1. The number of amides is 1. The Hall–Kier alpha value is -2.99. The van der Waals surface area contributed by atoms with Gasteiger partial charge in [-0.05, 0) is 22.9 Å². The van der Waals surface area contributed by atoms with Crippen LogP contribution in [0.25, 0.3) is 21.7 Å². The molecule has 0 N–H and O–H groups in total. The minimum absolute atomic E-state index is 0.0586. The van der Waals surface area contributed by atoms with Crippen LogP contribution < -0.4 is 4.90 Å². The van der Waals surface area contributed by atoms with Crippen LogP contribution in [0.15, 0.2) is 60.2 Å². The van der Waals surface area contributed by atoms with Crippen molar-refractivity contribution in [3.8, 4) is 0 Å². The summed E-state index contributed by atoms with van der Waals surface area (Å²) < 4.78 is 0. The molecule has 6 heteroatoms. The van der Waals surface area contributed by atoms with Crippen LogP contribution in [0.2, 0.25) is 0 Å². The number of fused-ring (bicyclic) bond motifs is 3. The molecule has 1 aliphatic rings. The number of nitrogens with zero attached hydrogens (tertiary/aromatic N) is 4. The van der Waals surface area contributed by atoms with Gasteiger partial charge in [0.25, 0.3) is 5.91 Å². The summed E-state index contributed by atoms with van der Waals surface area (Å²) in [5.74, 6) is 0.0586. The van der Waals surface area contributed by atoms with Gasteiger partial charge in [0.2, 0.25) is 0 Å². The van der Waals surface area contributed by atoms with Gasteiger partial charge in [-0.1, -0.05) is 30.3 Å². The summed E-state index contributed by atoms with van der Waals surface area (Å²) in [5.41, 5.74) is 1.47. The number of hydrogen-bond donors (Lipinski definition) is 0. The molecule has 3 heterocycles. The maximum absolute atomic E-state index is 13.3. The fraction of sp³-hybridized carbons (Fsp3) is 0.190. The Morgan fingerprint density at radius 1 is 0.926 bits per heavy atom. The van der Waals surface area contributed by atoms with Crippen LogP contribution in [0, 0.1) is 0 Å². The number of pyridine rings is 1. The van der Waals surface area contributed by atoms with Gasteiger partial charge in [-0.2, -0.15) is 0 Å². The Bertz CT molecular complexity index is 1120. The summed E-state index contributed by atoms with van der Waals surface area (Å²) >= 11 is 1.64. The monoisotopic (exact) mass is 374 g/mol. The molecule has 134 valence electrons. The zero-order chi connectivity index (χ0) is 18.2. The van der Waals surface area contributed by atoms with Gasteiger partial charge in [-0.25, -0.2) is 4.98 Å². The van der Waals surface area contributed by atoms with Crippen LogP contribution in [0.3, 0.4) is 0 Å². The van der Waals surface area contributed by atoms with Crippen molar-refractivity contribution in [3.05, 3.63) is 65.8 Å². The van der Waals surface area contributed by atoms with Gasteiger partial charge in [0.15, 0.2) is 5.13 Å². The molecule has 0 unspecified atom stereocenters. The second-order valence-electron chi connectivity index (χ2n) is 6.64. The minimum atomic E-state index is 0.0586. The topological polar surface area (TPSA) is 49.3 Å². The standard InChI is InChI=1S/C21H18N4OS/c26-20(24-9-11-25(12-10-24)21-23-8-13-27-21)18-14-15-4-1-2-5-16(15)17-6-3-7-22-19(17)18/h1-8,13-14H,9-12H2. The zero-order valence-electron chi connectivity index (χ0n) is 14.7. The normalized spacial score (nSPS) is 14.8. The summed E-state index contributed by atoms with van der Waals surface area (Å²) in [6, 6.07) is 14.1. The van der Waals surface area contributed by atoms with Crippen molar-refractivity contribution in [2.24, 2.45) is 0 Å². The van der Waals surface area contributed by atoms with E-state index in [0.29, 0.717) is 18.7 Å². The number of rotatable bonds is 2. The molecule has 27 heavy (non-hydrogen) atoms. The fourth-order valence-corrected chi connectivity index (χ4v) is 4.43. The van der Waals surface area contributed by atoms with Crippen molar-refractivity contribution in [2.75, 3.05) is 31.1 Å². The predicted molar refractivity (Wildman–Crippen MR) is 109 cm³/mol. The molecule has 2 aromatic heterocycles. The molecule has 1 fully saturated rings. The van der Waals surface area contributed by atoms with Crippen LogP contribution in [0.5, 0.6) is 0 Å². The van der Waals surface area contributed by atoms with E-state index in [2.05, 4.69) is 27.0 Å². The molecule has 0 saturated carbocycles. The molecule has 1 saturated heterocycles. The van der Waals surface area contributed by atoms with Crippen LogP contribution in [0.1, 0.15) is 10.4 Å². The number of anilines is 1. The number of aromatic nitrogens is 2. The summed E-state index contributed by atoms with van der Waals surface area (Å²) in [5, 5.41) is 6.24. The van der Waals surface area contributed by atoms with Gasteiger partial charge >= 0.3 is 0 Å². The summed E-state index contributed by atoms with van der Waals surface area (Å²) in [6.45, 7) is 3.00. The first kappa shape index (κ1) is 16.2. The van der Waals surface area contributed by atoms with Gasteiger partial charge < -0.3 is 9.80 Å². The quantitative estimate of drug-likeness (QED) is 0.501. The molecule has 5 nitrogen and oxygen atoms in total. The first-order chi connectivity index (χ1) is 13.3. The van der Waals surface area contributed by atoms with Crippen molar-refractivity contribution in [1.82, 2.24) is 14.9 Å². The Morgan fingerprint density at radius 3 is 2.56 bits per heavy atom. The lowest BCUT2D eigenvalue weighted by Gasteiger charge is -2.34. The first-order valence-corrected chi connectivity index (χ1v) is 9.89. The van der Waals surface area contributed by atoms with Gasteiger partial charge in [0.05, 0.1) is 11.1 Å². The number of piperazine rings is 1. The molecule has 0 spiro atoms. The first-order valence-electron chi connectivity index (χ1n) is 9.01. The number of carbonyl (C=O) groups excluding carboxylic acids is 1. The maximum atomic E-state index is 13.3. The van der Waals surface area contributed by atoms with E-state index < -0.39 is 0 Å². The summed E-state index contributed by atoms with van der Waals surface area (Å²) in [4.78, 5) is 26.4.